The minimum atomic E-state index is -0.360. The number of fused-ring (bicyclic) bond motifs is 1. The smallest absolute Gasteiger partial charge is 0.274 e. The van der Waals surface area contributed by atoms with Gasteiger partial charge in [-0.15, -0.1) is 0 Å². The number of carbonyl (C=O) groups is 1. The standard InChI is InChI=1S/C17H13ClN4O/c1-9-5-12(7-19)16(18)22-15(9)17(23)21-13-4-3-11-8-20-10(2)14(11)6-13/h3-6H,8H2,1-2H3,(H,21,23). The number of aromatic nitrogens is 1. The lowest BCUT2D eigenvalue weighted by Crippen LogP contribution is -2.16. The van der Waals surface area contributed by atoms with Crippen LogP contribution in [0.1, 0.15) is 39.7 Å². The molecule has 1 amide bonds. The molecule has 0 saturated carbocycles. The second-order valence-electron chi connectivity index (χ2n) is 5.33. The summed E-state index contributed by atoms with van der Waals surface area (Å²) in [6, 6.07) is 9.20. The van der Waals surface area contributed by atoms with E-state index in [9.17, 15) is 4.79 Å². The number of aryl methyl sites for hydroxylation is 1. The highest BCUT2D eigenvalue weighted by atomic mass is 35.5. The molecule has 3 rings (SSSR count). The van der Waals surface area contributed by atoms with Crippen molar-refractivity contribution in [2.75, 3.05) is 5.32 Å². The first-order valence-corrected chi connectivity index (χ1v) is 7.40. The Morgan fingerprint density at radius 3 is 2.87 bits per heavy atom. The van der Waals surface area contributed by atoms with Gasteiger partial charge in [0.1, 0.15) is 16.9 Å². The van der Waals surface area contributed by atoms with Crippen LogP contribution < -0.4 is 5.32 Å². The summed E-state index contributed by atoms with van der Waals surface area (Å²) in [7, 11) is 0. The van der Waals surface area contributed by atoms with Crippen LogP contribution in [-0.2, 0) is 6.54 Å². The third-order valence-electron chi connectivity index (χ3n) is 3.75. The number of hydrogen-bond acceptors (Lipinski definition) is 4. The number of hydrogen-bond donors (Lipinski definition) is 1. The van der Waals surface area contributed by atoms with Crippen molar-refractivity contribution in [1.82, 2.24) is 4.98 Å². The van der Waals surface area contributed by atoms with Gasteiger partial charge in [0, 0.05) is 17.0 Å². The molecule has 1 aromatic heterocycles. The number of nitrogens with one attached hydrogen (secondary N) is 1. The largest absolute Gasteiger partial charge is 0.321 e. The van der Waals surface area contributed by atoms with Crippen molar-refractivity contribution in [2.24, 2.45) is 4.99 Å². The van der Waals surface area contributed by atoms with Crippen LogP contribution in [0.4, 0.5) is 5.69 Å². The number of aliphatic imine (C=N–C) groups is 1. The van der Waals surface area contributed by atoms with Crippen molar-refractivity contribution >= 4 is 28.9 Å². The van der Waals surface area contributed by atoms with Crippen LogP contribution in [0.25, 0.3) is 0 Å². The van der Waals surface area contributed by atoms with Crippen molar-refractivity contribution < 1.29 is 4.79 Å². The third-order valence-corrected chi connectivity index (χ3v) is 4.03. The Morgan fingerprint density at radius 1 is 1.35 bits per heavy atom. The SMILES string of the molecule is CC1=NCc2ccc(NC(=O)c3nc(Cl)c(C#N)cc3C)cc21. The highest BCUT2D eigenvalue weighted by molar-refractivity contribution is 6.30. The monoisotopic (exact) mass is 324 g/mol. The number of nitrogens with zero attached hydrogens (tertiary/aromatic N) is 3. The highest BCUT2D eigenvalue weighted by Gasteiger charge is 2.17. The van der Waals surface area contributed by atoms with Crippen molar-refractivity contribution in [3.8, 4) is 6.07 Å². The average Bonchev–Trinajstić information content (AvgIpc) is 2.90. The van der Waals surface area contributed by atoms with Gasteiger partial charge in [-0.3, -0.25) is 9.79 Å². The van der Waals surface area contributed by atoms with Crippen LogP contribution in [-0.4, -0.2) is 16.6 Å². The predicted octanol–water partition coefficient (Wildman–Crippen LogP) is 3.49. The predicted molar refractivity (Wildman–Crippen MR) is 89.0 cm³/mol. The van der Waals surface area contributed by atoms with Gasteiger partial charge in [0.05, 0.1) is 12.1 Å². The van der Waals surface area contributed by atoms with Gasteiger partial charge in [-0.25, -0.2) is 4.98 Å². The number of rotatable bonds is 2. The van der Waals surface area contributed by atoms with E-state index >= 15 is 0 Å². The number of pyridine rings is 1. The number of benzene rings is 1. The maximum Gasteiger partial charge on any atom is 0.274 e. The van der Waals surface area contributed by atoms with E-state index in [0.717, 1.165) is 16.8 Å². The molecule has 6 heteroatoms. The molecule has 0 fully saturated rings. The van der Waals surface area contributed by atoms with Gasteiger partial charge in [0.2, 0.25) is 0 Å². The van der Waals surface area contributed by atoms with Gasteiger partial charge in [0.15, 0.2) is 0 Å². The van der Waals surface area contributed by atoms with Gasteiger partial charge >= 0.3 is 0 Å². The zero-order chi connectivity index (χ0) is 16.6. The Bertz CT molecular complexity index is 896. The summed E-state index contributed by atoms with van der Waals surface area (Å²) in [6.07, 6.45) is 0. The maximum absolute atomic E-state index is 12.4. The van der Waals surface area contributed by atoms with E-state index in [1.54, 1.807) is 13.0 Å². The molecule has 0 unspecified atom stereocenters. The van der Waals surface area contributed by atoms with Gasteiger partial charge < -0.3 is 5.32 Å². The molecule has 2 aromatic rings. The van der Waals surface area contributed by atoms with Crippen LogP contribution >= 0.6 is 11.6 Å². The van der Waals surface area contributed by atoms with Gasteiger partial charge in [-0.2, -0.15) is 5.26 Å². The van der Waals surface area contributed by atoms with E-state index in [-0.39, 0.29) is 22.3 Å². The van der Waals surface area contributed by atoms with E-state index in [4.69, 9.17) is 16.9 Å². The summed E-state index contributed by atoms with van der Waals surface area (Å²) in [5.41, 5.74) is 4.90. The lowest BCUT2D eigenvalue weighted by molar-refractivity contribution is 0.102. The lowest BCUT2D eigenvalue weighted by Gasteiger charge is -2.09. The molecule has 0 bridgehead atoms. The zero-order valence-corrected chi connectivity index (χ0v) is 13.4. The fourth-order valence-corrected chi connectivity index (χ4v) is 2.69. The normalized spacial score (nSPS) is 12.3. The summed E-state index contributed by atoms with van der Waals surface area (Å²) >= 11 is 5.92. The number of amides is 1. The molecule has 0 aliphatic carbocycles. The first-order chi connectivity index (χ1) is 11.0. The van der Waals surface area contributed by atoms with E-state index in [2.05, 4.69) is 15.3 Å². The van der Waals surface area contributed by atoms with Crippen LogP contribution in [0.15, 0.2) is 29.3 Å². The lowest BCUT2D eigenvalue weighted by atomic mass is 10.1. The number of nitriles is 1. The highest BCUT2D eigenvalue weighted by Crippen LogP contribution is 2.23. The molecule has 114 valence electrons. The second-order valence-corrected chi connectivity index (χ2v) is 5.69. The average molecular weight is 325 g/mol. The summed E-state index contributed by atoms with van der Waals surface area (Å²) in [5.74, 6) is -0.360. The van der Waals surface area contributed by atoms with E-state index in [0.29, 0.717) is 17.8 Å². The third kappa shape index (κ3) is 2.81. The Morgan fingerprint density at radius 2 is 2.13 bits per heavy atom. The summed E-state index contributed by atoms with van der Waals surface area (Å²) < 4.78 is 0. The van der Waals surface area contributed by atoms with Crippen molar-refractivity contribution in [3.63, 3.8) is 0 Å². The molecule has 1 N–H and O–H groups in total. The number of anilines is 1. The van der Waals surface area contributed by atoms with Crippen LogP contribution in [0, 0.1) is 18.3 Å². The number of halogens is 1. The molecule has 0 atom stereocenters. The van der Waals surface area contributed by atoms with Crippen molar-refractivity contribution in [2.45, 2.75) is 20.4 Å². The minimum absolute atomic E-state index is 0.0279. The van der Waals surface area contributed by atoms with Crippen molar-refractivity contribution in [3.05, 3.63) is 57.4 Å². The fraction of sp³-hybridized carbons (Fsp3) is 0.176. The van der Waals surface area contributed by atoms with Gasteiger partial charge in [-0.05, 0) is 43.2 Å². The Hall–Kier alpha value is -2.71. The van der Waals surface area contributed by atoms with Gasteiger partial charge in [-0.1, -0.05) is 17.7 Å². The molecular weight excluding hydrogens is 312 g/mol. The summed E-state index contributed by atoms with van der Waals surface area (Å²) in [6.45, 7) is 4.35. The van der Waals surface area contributed by atoms with Crippen LogP contribution in [0.5, 0.6) is 0 Å². The molecule has 0 saturated heterocycles. The minimum Gasteiger partial charge on any atom is -0.321 e. The Labute approximate surface area is 138 Å². The van der Waals surface area contributed by atoms with Gasteiger partial charge in [0.25, 0.3) is 5.91 Å². The topological polar surface area (TPSA) is 78.1 Å². The molecule has 1 aromatic carbocycles. The molecule has 0 spiro atoms. The zero-order valence-electron chi connectivity index (χ0n) is 12.6. The molecular formula is C17H13ClN4O. The molecule has 1 aliphatic heterocycles. The first kappa shape index (κ1) is 15.2. The first-order valence-electron chi connectivity index (χ1n) is 7.02. The molecule has 0 radical (unpaired) electrons. The molecule has 1 aliphatic rings. The van der Waals surface area contributed by atoms with Crippen LogP contribution in [0.2, 0.25) is 5.15 Å². The molecule has 23 heavy (non-hydrogen) atoms. The van der Waals surface area contributed by atoms with E-state index < -0.39 is 0 Å². The Balaban J connectivity index is 1.89. The molecule has 2 heterocycles. The van der Waals surface area contributed by atoms with E-state index in [1.165, 1.54) is 0 Å². The van der Waals surface area contributed by atoms with E-state index in [1.807, 2.05) is 31.2 Å². The second kappa shape index (κ2) is 5.82. The van der Waals surface area contributed by atoms with Crippen molar-refractivity contribution in [1.29, 1.82) is 5.26 Å². The Kier molecular flexibility index (Phi) is 3.85. The summed E-state index contributed by atoms with van der Waals surface area (Å²) in [5, 5.41) is 11.8. The fourth-order valence-electron chi connectivity index (χ4n) is 2.51. The summed E-state index contributed by atoms with van der Waals surface area (Å²) in [4.78, 5) is 20.8. The molecule has 5 nitrogen and oxygen atoms in total. The van der Waals surface area contributed by atoms with Crippen LogP contribution in [0.3, 0.4) is 0 Å². The number of carbonyl (C=O) groups excluding carboxylic acids is 1. The quantitative estimate of drug-likeness (QED) is 0.859. The maximum atomic E-state index is 12.4.